The third-order valence-corrected chi connectivity index (χ3v) is 4.91. The largest absolute Gasteiger partial charge is 0.436 e. The molecule has 0 aliphatic heterocycles. The van der Waals surface area contributed by atoms with Gasteiger partial charge in [0.2, 0.25) is 5.89 Å². The van der Waals surface area contributed by atoms with Crippen molar-refractivity contribution in [3.05, 3.63) is 82.1 Å². The number of halogens is 3. The lowest BCUT2D eigenvalue weighted by Crippen LogP contribution is -2.34. The van der Waals surface area contributed by atoms with Crippen LogP contribution in [0.5, 0.6) is 0 Å². The molecule has 0 unspecified atom stereocenters. The topological polar surface area (TPSA) is 67.2 Å². The van der Waals surface area contributed by atoms with Crippen LogP contribution in [0.4, 0.5) is 10.1 Å². The number of amides is 1. The number of oxazole rings is 1. The van der Waals surface area contributed by atoms with E-state index in [2.05, 4.69) is 15.6 Å². The Kier molecular flexibility index (Phi) is 5.67. The van der Waals surface area contributed by atoms with Crippen molar-refractivity contribution in [3.63, 3.8) is 0 Å². The van der Waals surface area contributed by atoms with Crippen LogP contribution in [-0.2, 0) is 0 Å². The maximum atomic E-state index is 13.1. The van der Waals surface area contributed by atoms with Gasteiger partial charge in [0.1, 0.15) is 11.3 Å². The first-order chi connectivity index (χ1) is 14.4. The fourth-order valence-corrected chi connectivity index (χ4v) is 3.32. The Morgan fingerprint density at radius 2 is 1.80 bits per heavy atom. The molecule has 1 amide bonds. The SMILES string of the molecule is O=C(NC(=S)Nc1ccc2oc(-c3ccc(Cl)cc3)nc2c1)c1ccc(F)cc1Cl. The molecule has 5 nitrogen and oxygen atoms in total. The highest BCUT2D eigenvalue weighted by molar-refractivity contribution is 7.80. The number of aromatic nitrogens is 1. The zero-order valence-electron chi connectivity index (χ0n) is 15.1. The maximum Gasteiger partial charge on any atom is 0.258 e. The molecule has 2 N–H and O–H groups in total. The molecule has 0 fully saturated rings. The molecular formula is C21H12Cl2FN3O2S. The van der Waals surface area contributed by atoms with Crippen LogP contribution in [0.3, 0.4) is 0 Å². The van der Waals surface area contributed by atoms with E-state index >= 15 is 0 Å². The Bertz CT molecular complexity index is 1280. The van der Waals surface area contributed by atoms with Gasteiger partial charge in [-0.1, -0.05) is 23.2 Å². The van der Waals surface area contributed by atoms with Crippen molar-refractivity contribution < 1.29 is 13.6 Å². The van der Waals surface area contributed by atoms with Crippen molar-refractivity contribution in [1.29, 1.82) is 0 Å². The van der Waals surface area contributed by atoms with Gasteiger partial charge in [-0.25, -0.2) is 9.37 Å². The van der Waals surface area contributed by atoms with Gasteiger partial charge in [0, 0.05) is 16.3 Å². The minimum Gasteiger partial charge on any atom is -0.436 e. The molecule has 0 bridgehead atoms. The van der Waals surface area contributed by atoms with Crippen LogP contribution in [-0.4, -0.2) is 16.0 Å². The zero-order valence-corrected chi connectivity index (χ0v) is 17.4. The van der Waals surface area contributed by atoms with Crippen molar-refractivity contribution in [2.24, 2.45) is 0 Å². The van der Waals surface area contributed by atoms with Gasteiger partial charge in [-0.3, -0.25) is 10.1 Å². The van der Waals surface area contributed by atoms with E-state index in [4.69, 9.17) is 39.8 Å². The van der Waals surface area contributed by atoms with Gasteiger partial charge >= 0.3 is 0 Å². The second kappa shape index (κ2) is 8.39. The lowest BCUT2D eigenvalue weighted by atomic mass is 10.2. The van der Waals surface area contributed by atoms with Crippen LogP contribution in [0.25, 0.3) is 22.6 Å². The van der Waals surface area contributed by atoms with E-state index in [0.717, 1.165) is 17.7 Å². The first-order valence-electron chi connectivity index (χ1n) is 8.63. The molecule has 1 heterocycles. The van der Waals surface area contributed by atoms with Crippen LogP contribution in [0.1, 0.15) is 10.4 Å². The Labute approximate surface area is 185 Å². The molecule has 4 aromatic rings. The van der Waals surface area contributed by atoms with Crippen LogP contribution in [0, 0.1) is 5.82 Å². The Balaban J connectivity index is 1.48. The third-order valence-electron chi connectivity index (χ3n) is 4.14. The van der Waals surface area contributed by atoms with Crippen molar-refractivity contribution in [3.8, 4) is 11.5 Å². The molecule has 0 radical (unpaired) electrons. The molecule has 30 heavy (non-hydrogen) atoms. The highest BCUT2D eigenvalue weighted by Crippen LogP contribution is 2.27. The molecular weight excluding hydrogens is 448 g/mol. The number of benzene rings is 3. The maximum absolute atomic E-state index is 13.1. The average Bonchev–Trinajstić information content (AvgIpc) is 3.11. The third kappa shape index (κ3) is 4.43. The zero-order chi connectivity index (χ0) is 21.3. The highest BCUT2D eigenvalue weighted by atomic mass is 35.5. The van der Waals surface area contributed by atoms with Gasteiger partial charge in [0.25, 0.3) is 5.91 Å². The summed E-state index contributed by atoms with van der Waals surface area (Å²) >= 11 is 17.0. The van der Waals surface area contributed by atoms with E-state index in [1.165, 1.54) is 6.07 Å². The van der Waals surface area contributed by atoms with Gasteiger partial charge in [-0.05, 0) is 72.9 Å². The van der Waals surface area contributed by atoms with Crippen molar-refractivity contribution in [2.75, 3.05) is 5.32 Å². The first kappa shape index (κ1) is 20.3. The average molecular weight is 460 g/mol. The Morgan fingerprint density at radius 3 is 2.53 bits per heavy atom. The van der Waals surface area contributed by atoms with E-state index < -0.39 is 11.7 Å². The van der Waals surface area contributed by atoms with Gasteiger partial charge in [0.15, 0.2) is 10.7 Å². The quantitative estimate of drug-likeness (QED) is 0.364. The Morgan fingerprint density at radius 1 is 1.03 bits per heavy atom. The van der Waals surface area contributed by atoms with E-state index in [1.807, 2.05) is 12.1 Å². The highest BCUT2D eigenvalue weighted by Gasteiger charge is 2.14. The number of anilines is 1. The van der Waals surface area contributed by atoms with Crippen LogP contribution < -0.4 is 10.6 Å². The molecule has 9 heteroatoms. The van der Waals surface area contributed by atoms with E-state index in [1.54, 1.807) is 30.3 Å². The molecule has 0 spiro atoms. The molecule has 4 rings (SSSR count). The summed E-state index contributed by atoms with van der Waals surface area (Å²) in [6.07, 6.45) is 0. The molecule has 3 aromatic carbocycles. The number of carbonyl (C=O) groups excluding carboxylic acids is 1. The predicted molar refractivity (Wildman–Crippen MR) is 120 cm³/mol. The summed E-state index contributed by atoms with van der Waals surface area (Å²) in [4.78, 5) is 16.8. The number of thiocarbonyl (C=S) groups is 1. The van der Waals surface area contributed by atoms with E-state index in [0.29, 0.717) is 27.7 Å². The monoisotopic (exact) mass is 459 g/mol. The molecule has 0 saturated heterocycles. The normalized spacial score (nSPS) is 10.8. The van der Waals surface area contributed by atoms with Gasteiger partial charge in [-0.2, -0.15) is 0 Å². The van der Waals surface area contributed by atoms with E-state index in [9.17, 15) is 9.18 Å². The van der Waals surface area contributed by atoms with Crippen LogP contribution in [0.2, 0.25) is 10.0 Å². The molecule has 0 atom stereocenters. The number of hydrogen-bond acceptors (Lipinski definition) is 4. The lowest BCUT2D eigenvalue weighted by molar-refractivity contribution is 0.0978. The number of fused-ring (bicyclic) bond motifs is 1. The number of carbonyl (C=O) groups is 1. The van der Waals surface area contributed by atoms with Crippen LogP contribution in [0.15, 0.2) is 65.1 Å². The summed E-state index contributed by atoms with van der Waals surface area (Å²) in [5.74, 6) is -0.623. The van der Waals surface area contributed by atoms with Crippen molar-refractivity contribution >= 4 is 63.2 Å². The fourth-order valence-electron chi connectivity index (χ4n) is 2.73. The summed E-state index contributed by atoms with van der Waals surface area (Å²) < 4.78 is 18.9. The predicted octanol–water partition coefficient (Wildman–Crippen LogP) is 6.07. The first-order valence-corrected chi connectivity index (χ1v) is 9.79. The number of nitrogens with zero attached hydrogens (tertiary/aromatic N) is 1. The number of nitrogens with one attached hydrogen (secondary N) is 2. The number of hydrogen-bond donors (Lipinski definition) is 2. The Hall–Kier alpha value is -3.00. The molecule has 1 aromatic heterocycles. The number of rotatable bonds is 3. The molecule has 0 aliphatic carbocycles. The van der Waals surface area contributed by atoms with Crippen molar-refractivity contribution in [1.82, 2.24) is 10.3 Å². The minimum absolute atomic E-state index is 0.00551. The smallest absolute Gasteiger partial charge is 0.258 e. The standard InChI is InChI=1S/C21H12Cl2FN3O2S/c22-12-3-1-11(2-4-12)20-26-17-10-14(6-8-18(17)29-20)25-21(30)27-19(28)15-7-5-13(24)9-16(15)23/h1-10H,(H2,25,27,28,30). The summed E-state index contributed by atoms with van der Waals surface area (Å²) in [5.41, 5.74) is 2.72. The molecule has 0 aliphatic rings. The minimum atomic E-state index is -0.551. The van der Waals surface area contributed by atoms with Gasteiger partial charge < -0.3 is 9.73 Å². The lowest BCUT2D eigenvalue weighted by Gasteiger charge is -2.10. The summed E-state index contributed by atoms with van der Waals surface area (Å²) in [6, 6.07) is 15.9. The van der Waals surface area contributed by atoms with E-state index in [-0.39, 0.29) is 15.7 Å². The molecule has 150 valence electrons. The van der Waals surface area contributed by atoms with Gasteiger partial charge in [-0.15, -0.1) is 0 Å². The van der Waals surface area contributed by atoms with Crippen LogP contribution >= 0.6 is 35.4 Å². The summed E-state index contributed by atoms with van der Waals surface area (Å²) in [5, 5.41) is 6.09. The second-order valence-electron chi connectivity index (χ2n) is 6.24. The fraction of sp³-hybridized carbons (Fsp3) is 0. The second-order valence-corrected chi connectivity index (χ2v) is 7.49. The summed E-state index contributed by atoms with van der Waals surface area (Å²) in [6.45, 7) is 0. The summed E-state index contributed by atoms with van der Waals surface area (Å²) in [7, 11) is 0. The molecule has 0 saturated carbocycles. The van der Waals surface area contributed by atoms with Crippen molar-refractivity contribution in [2.45, 2.75) is 0 Å². The van der Waals surface area contributed by atoms with Gasteiger partial charge in [0.05, 0.1) is 10.6 Å².